The molecule has 4 rings (SSSR count). The molecule has 0 saturated carbocycles. The van der Waals surface area contributed by atoms with Crippen molar-refractivity contribution in [3.05, 3.63) is 65.0 Å². The first-order valence-corrected chi connectivity index (χ1v) is 10.5. The largest absolute Gasteiger partial charge is 0.389 e. The van der Waals surface area contributed by atoms with Gasteiger partial charge in [0.25, 0.3) is 5.91 Å². The summed E-state index contributed by atoms with van der Waals surface area (Å²) in [4.78, 5) is 22.8. The number of amides is 1. The summed E-state index contributed by atoms with van der Waals surface area (Å²) in [6, 6.07) is 12.1. The van der Waals surface area contributed by atoms with Crippen molar-refractivity contribution in [3.8, 4) is 0 Å². The number of imidazole rings is 1. The van der Waals surface area contributed by atoms with Crippen molar-refractivity contribution in [1.82, 2.24) is 14.9 Å². The van der Waals surface area contributed by atoms with E-state index in [-0.39, 0.29) is 11.9 Å². The van der Waals surface area contributed by atoms with Gasteiger partial charge in [-0.15, -0.1) is 0 Å². The predicted octanol–water partition coefficient (Wildman–Crippen LogP) is 4.72. The lowest BCUT2D eigenvalue weighted by atomic mass is 9.79. The molecule has 0 aliphatic carbocycles. The maximum Gasteiger partial charge on any atom is 0.254 e. The highest BCUT2D eigenvalue weighted by Crippen LogP contribution is 2.37. The van der Waals surface area contributed by atoms with Gasteiger partial charge in [0.1, 0.15) is 0 Å². The van der Waals surface area contributed by atoms with Crippen LogP contribution in [-0.4, -0.2) is 38.5 Å². The maximum absolute atomic E-state index is 13.4. The molecule has 2 heterocycles. The number of carbonyl (C=O) groups excluding carboxylic acids is 1. The molecule has 1 aliphatic heterocycles. The van der Waals surface area contributed by atoms with Crippen molar-refractivity contribution in [2.75, 3.05) is 6.54 Å². The second kappa shape index (κ2) is 7.99. The lowest BCUT2D eigenvalue weighted by molar-refractivity contribution is 0.0567. The first-order chi connectivity index (χ1) is 14.0. The molecule has 1 saturated heterocycles. The third-order valence-corrected chi connectivity index (χ3v) is 6.30. The molecule has 2 aromatic carbocycles. The Bertz CT molecular complexity index is 1020. The van der Waals surface area contributed by atoms with Gasteiger partial charge in [0.15, 0.2) is 0 Å². The molecule has 2 N–H and O–H groups in total. The number of H-pyrrole nitrogens is 1. The fourth-order valence-corrected chi connectivity index (χ4v) is 4.79. The molecule has 3 atom stereocenters. The lowest BCUT2D eigenvalue weighted by Crippen LogP contribution is -2.47. The number of benzene rings is 2. The summed E-state index contributed by atoms with van der Waals surface area (Å²) < 4.78 is 0. The molecule has 5 heteroatoms. The topological polar surface area (TPSA) is 69.2 Å². The van der Waals surface area contributed by atoms with Crippen LogP contribution < -0.4 is 0 Å². The Morgan fingerprint density at radius 1 is 1.31 bits per heavy atom. The van der Waals surface area contributed by atoms with Crippen molar-refractivity contribution in [3.63, 3.8) is 0 Å². The third-order valence-electron chi connectivity index (χ3n) is 6.30. The summed E-state index contributed by atoms with van der Waals surface area (Å²) in [6.45, 7) is 6.86. The van der Waals surface area contributed by atoms with Gasteiger partial charge in [-0.3, -0.25) is 4.79 Å². The fraction of sp³-hybridized carbons (Fsp3) is 0.417. The summed E-state index contributed by atoms with van der Waals surface area (Å²) >= 11 is 0. The molecular formula is C24H29N3O2. The van der Waals surface area contributed by atoms with E-state index in [1.807, 2.05) is 24.3 Å². The first-order valence-electron chi connectivity index (χ1n) is 10.5. The maximum atomic E-state index is 13.4. The highest BCUT2D eigenvalue weighted by atomic mass is 16.3. The van der Waals surface area contributed by atoms with E-state index in [0.717, 1.165) is 42.4 Å². The minimum absolute atomic E-state index is 0.0938. The predicted molar refractivity (Wildman–Crippen MR) is 115 cm³/mol. The fourth-order valence-electron chi connectivity index (χ4n) is 4.79. The van der Waals surface area contributed by atoms with Gasteiger partial charge in [-0.1, -0.05) is 25.1 Å². The number of aromatic nitrogens is 2. The molecule has 3 unspecified atom stereocenters. The van der Waals surface area contributed by atoms with Crippen LogP contribution in [0.3, 0.4) is 0 Å². The second-order valence-corrected chi connectivity index (χ2v) is 8.15. The molecule has 1 fully saturated rings. The van der Waals surface area contributed by atoms with Crippen molar-refractivity contribution < 1.29 is 9.90 Å². The number of likely N-dealkylation sites (tertiary alicyclic amines) is 1. The Hall–Kier alpha value is -2.66. The van der Waals surface area contributed by atoms with Crippen LogP contribution in [-0.2, 0) is 0 Å². The number of carbonyl (C=O) groups is 1. The SMILES string of the molecule is CCC1C(c2ccc(C(C)O)cc2C)CCCN1C(=O)c1ccc2nc[nH]c2c1. The number of nitrogens with zero attached hydrogens (tertiary/aromatic N) is 2. The zero-order valence-electron chi connectivity index (χ0n) is 17.4. The van der Waals surface area contributed by atoms with E-state index in [2.05, 4.69) is 40.8 Å². The molecule has 5 nitrogen and oxygen atoms in total. The highest BCUT2D eigenvalue weighted by Gasteiger charge is 2.35. The number of piperidine rings is 1. The monoisotopic (exact) mass is 391 g/mol. The van der Waals surface area contributed by atoms with Crippen LogP contribution in [0.1, 0.15) is 72.2 Å². The normalized spacial score (nSPS) is 20.8. The van der Waals surface area contributed by atoms with E-state index in [1.54, 1.807) is 13.3 Å². The van der Waals surface area contributed by atoms with Gasteiger partial charge in [-0.2, -0.15) is 0 Å². The average molecular weight is 392 g/mol. The Morgan fingerprint density at radius 2 is 2.14 bits per heavy atom. The molecule has 1 aliphatic rings. The molecule has 3 aromatic rings. The van der Waals surface area contributed by atoms with Crippen LogP contribution >= 0.6 is 0 Å². The molecule has 1 amide bonds. The zero-order valence-corrected chi connectivity index (χ0v) is 17.4. The van der Waals surface area contributed by atoms with E-state index in [9.17, 15) is 9.90 Å². The quantitative estimate of drug-likeness (QED) is 0.676. The molecule has 152 valence electrons. The van der Waals surface area contributed by atoms with E-state index in [0.29, 0.717) is 11.5 Å². The number of aryl methyl sites for hydroxylation is 1. The van der Waals surface area contributed by atoms with Crippen LogP contribution in [0, 0.1) is 6.92 Å². The number of fused-ring (bicyclic) bond motifs is 1. The zero-order chi connectivity index (χ0) is 20.5. The Kier molecular flexibility index (Phi) is 5.41. The smallest absolute Gasteiger partial charge is 0.254 e. The van der Waals surface area contributed by atoms with Crippen LogP contribution in [0.25, 0.3) is 11.0 Å². The Labute approximate surface area is 171 Å². The summed E-state index contributed by atoms with van der Waals surface area (Å²) in [5.74, 6) is 0.410. The van der Waals surface area contributed by atoms with Crippen molar-refractivity contribution >= 4 is 16.9 Å². The molecule has 1 aromatic heterocycles. The van der Waals surface area contributed by atoms with Gasteiger partial charge >= 0.3 is 0 Å². The standard InChI is InChI=1S/C24H29N3O2/c1-4-23-20(19-9-7-17(16(3)28)12-15(19)2)6-5-11-27(23)24(29)18-8-10-21-22(13-18)26-14-25-21/h7-10,12-14,16,20,23,28H,4-6,11H2,1-3H3,(H,25,26). The van der Waals surface area contributed by atoms with Crippen molar-refractivity contribution in [1.29, 1.82) is 0 Å². The summed E-state index contributed by atoms with van der Waals surface area (Å²) in [6.07, 6.45) is 4.18. The average Bonchev–Trinajstić information content (AvgIpc) is 3.20. The van der Waals surface area contributed by atoms with E-state index in [4.69, 9.17) is 0 Å². The van der Waals surface area contributed by atoms with Crippen LogP contribution in [0.5, 0.6) is 0 Å². The van der Waals surface area contributed by atoms with E-state index >= 15 is 0 Å². The second-order valence-electron chi connectivity index (χ2n) is 8.15. The van der Waals surface area contributed by atoms with Crippen LogP contribution in [0.15, 0.2) is 42.7 Å². The molecular weight excluding hydrogens is 362 g/mol. The lowest BCUT2D eigenvalue weighted by Gasteiger charge is -2.42. The first kappa shape index (κ1) is 19.6. The van der Waals surface area contributed by atoms with E-state index in [1.165, 1.54) is 11.1 Å². The minimum Gasteiger partial charge on any atom is -0.389 e. The van der Waals surface area contributed by atoms with Crippen LogP contribution in [0.4, 0.5) is 0 Å². The number of rotatable bonds is 4. The number of nitrogens with one attached hydrogen (secondary N) is 1. The van der Waals surface area contributed by atoms with Gasteiger partial charge in [0.2, 0.25) is 0 Å². The molecule has 0 spiro atoms. The number of aromatic amines is 1. The van der Waals surface area contributed by atoms with Gasteiger partial charge in [-0.25, -0.2) is 4.98 Å². The number of aliphatic hydroxyl groups excluding tert-OH is 1. The summed E-state index contributed by atoms with van der Waals surface area (Å²) in [5, 5.41) is 9.89. The number of hydrogen-bond acceptors (Lipinski definition) is 3. The van der Waals surface area contributed by atoms with Gasteiger partial charge < -0.3 is 15.0 Å². The van der Waals surface area contributed by atoms with Crippen LogP contribution in [0.2, 0.25) is 0 Å². The van der Waals surface area contributed by atoms with Crippen molar-refractivity contribution in [2.45, 2.75) is 58.1 Å². The minimum atomic E-state index is -0.466. The molecule has 0 radical (unpaired) electrons. The number of hydrogen-bond donors (Lipinski definition) is 2. The summed E-state index contributed by atoms with van der Waals surface area (Å²) in [7, 11) is 0. The molecule has 29 heavy (non-hydrogen) atoms. The van der Waals surface area contributed by atoms with Crippen molar-refractivity contribution in [2.24, 2.45) is 0 Å². The van der Waals surface area contributed by atoms with Gasteiger partial charge in [-0.05, 0) is 68.0 Å². The highest BCUT2D eigenvalue weighted by molar-refractivity contribution is 5.97. The Morgan fingerprint density at radius 3 is 2.86 bits per heavy atom. The van der Waals surface area contributed by atoms with Gasteiger partial charge in [0, 0.05) is 24.1 Å². The third kappa shape index (κ3) is 3.67. The molecule has 0 bridgehead atoms. The number of aliphatic hydroxyl groups is 1. The van der Waals surface area contributed by atoms with E-state index < -0.39 is 6.10 Å². The van der Waals surface area contributed by atoms with Gasteiger partial charge in [0.05, 0.1) is 23.5 Å². The summed E-state index contributed by atoms with van der Waals surface area (Å²) in [5.41, 5.74) is 5.90. The Balaban J connectivity index is 1.64.